The zero-order valence-electron chi connectivity index (χ0n) is 12.3. The standard InChI is InChI=1S/C15H31NO3/c1-2-3-8-19-12-15(18)10-16-9-13-6-4-5-7-14(13)11-17/h13-18H,2-12H2,1H3. The summed E-state index contributed by atoms with van der Waals surface area (Å²) in [5, 5.41) is 22.4. The lowest BCUT2D eigenvalue weighted by Crippen LogP contribution is -2.37. The number of ether oxygens (including phenoxy) is 1. The van der Waals surface area contributed by atoms with Crippen molar-refractivity contribution in [2.45, 2.75) is 51.6 Å². The molecule has 114 valence electrons. The maximum atomic E-state index is 9.76. The molecular weight excluding hydrogens is 242 g/mol. The summed E-state index contributed by atoms with van der Waals surface area (Å²) in [5.41, 5.74) is 0. The van der Waals surface area contributed by atoms with Crippen LogP contribution in [-0.4, -0.2) is 49.2 Å². The van der Waals surface area contributed by atoms with Crippen molar-refractivity contribution in [3.05, 3.63) is 0 Å². The van der Waals surface area contributed by atoms with Gasteiger partial charge in [-0.3, -0.25) is 0 Å². The van der Waals surface area contributed by atoms with E-state index < -0.39 is 6.10 Å². The van der Waals surface area contributed by atoms with Crippen LogP contribution in [-0.2, 0) is 4.74 Å². The lowest BCUT2D eigenvalue weighted by molar-refractivity contribution is 0.0343. The first-order valence-electron chi connectivity index (χ1n) is 7.85. The molecule has 0 amide bonds. The summed E-state index contributed by atoms with van der Waals surface area (Å²) in [5.74, 6) is 1.01. The third-order valence-electron chi connectivity index (χ3n) is 4.04. The highest BCUT2D eigenvalue weighted by molar-refractivity contribution is 4.77. The monoisotopic (exact) mass is 273 g/mol. The van der Waals surface area contributed by atoms with Crippen LogP contribution in [0.15, 0.2) is 0 Å². The smallest absolute Gasteiger partial charge is 0.0897 e. The van der Waals surface area contributed by atoms with Crippen LogP contribution in [0.5, 0.6) is 0 Å². The molecule has 0 bridgehead atoms. The molecule has 0 aromatic heterocycles. The molecule has 0 saturated heterocycles. The van der Waals surface area contributed by atoms with Crippen LogP contribution < -0.4 is 5.32 Å². The minimum atomic E-state index is -0.423. The van der Waals surface area contributed by atoms with Crippen molar-refractivity contribution < 1.29 is 14.9 Å². The van der Waals surface area contributed by atoms with Gasteiger partial charge in [0.15, 0.2) is 0 Å². The van der Waals surface area contributed by atoms with Crippen molar-refractivity contribution in [3.63, 3.8) is 0 Å². The largest absolute Gasteiger partial charge is 0.396 e. The number of aliphatic hydroxyl groups is 2. The van der Waals surface area contributed by atoms with Gasteiger partial charge in [-0.15, -0.1) is 0 Å². The van der Waals surface area contributed by atoms with E-state index in [4.69, 9.17) is 4.74 Å². The molecule has 0 spiro atoms. The minimum absolute atomic E-state index is 0.301. The molecule has 1 aliphatic rings. The number of nitrogens with one attached hydrogen (secondary N) is 1. The first-order chi connectivity index (χ1) is 9.27. The Morgan fingerprint density at radius 2 is 2.00 bits per heavy atom. The minimum Gasteiger partial charge on any atom is -0.396 e. The van der Waals surface area contributed by atoms with E-state index in [1.165, 1.54) is 19.3 Å². The molecule has 0 radical (unpaired) electrons. The van der Waals surface area contributed by atoms with Crippen molar-refractivity contribution in [2.24, 2.45) is 11.8 Å². The highest BCUT2D eigenvalue weighted by atomic mass is 16.5. The molecule has 4 nitrogen and oxygen atoms in total. The molecule has 0 heterocycles. The summed E-state index contributed by atoms with van der Waals surface area (Å²) in [7, 11) is 0. The van der Waals surface area contributed by atoms with Gasteiger partial charge < -0.3 is 20.3 Å². The second-order valence-electron chi connectivity index (χ2n) is 5.73. The fraction of sp³-hybridized carbons (Fsp3) is 1.00. The molecule has 0 aromatic rings. The fourth-order valence-electron chi connectivity index (χ4n) is 2.75. The Labute approximate surface area is 117 Å². The predicted molar refractivity (Wildman–Crippen MR) is 77.1 cm³/mol. The second kappa shape index (κ2) is 10.6. The van der Waals surface area contributed by atoms with Gasteiger partial charge in [-0.05, 0) is 37.6 Å². The average molecular weight is 273 g/mol. The van der Waals surface area contributed by atoms with Crippen molar-refractivity contribution >= 4 is 0 Å². The molecular formula is C15H31NO3. The Balaban J connectivity index is 2.04. The Hall–Kier alpha value is -0.160. The van der Waals surface area contributed by atoms with Crippen molar-refractivity contribution in [1.82, 2.24) is 5.32 Å². The maximum Gasteiger partial charge on any atom is 0.0897 e. The molecule has 0 aromatic carbocycles. The van der Waals surface area contributed by atoms with E-state index in [9.17, 15) is 10.2 Å². The van der Waals surface area contributed by atoms with Gasteiger partial charge in [0, 0.05) is 19.8 Å². The number of hydrogen-bond acceptors (Lipinski definition) is 4. The van der Waals surface area contributed by atoms with Crippen LogP contribution in [0.1, 0.15) is 45.4 Å². The SMILES string of the molecule is CCCCOCC(O)CNCC1CCCCC1CO. The molecule has 1 fully saturated rings. The first kappa shape index (κ1) is 16.9. The highest BCUT2D eigenvalue weighted by Crippen LogP contribution is 2.28. The van der Waals surface area contributed by atoms with Crippen LogP contribution in [0, 0.1) is 11.8 Å². The van der Waals surface area contributed by atoms with E-state index in [2.05, 4.69) is 12.2 Å². The van der Waals surface area contributed by atoms with E-state index in [-0.39, 0.29) is 0 Å². The molecule has 19 heavy (non-hydrogen) atoms. The number of unbranched alkanes of at least 4 members (excludes halogenated alkanes) is 1. The summed E-state index contributed by atoms with van der Waals surface area (Å²) in [6, 6.07) is 0. The summed E-state index contributed by atoms with van der Waals surface area (Å²) in [4.78, 5) is 0. The van der Waals surface area contributed by atoms with E-state index in [0.29, 0.717) is 31.6 Å². The number of hydrogen-bond donors (Lipinski definition) is 3. The van der Waals surface area contributed by atoms with Crippen LogP contribution in [0.25, 0.3) is 0 Å². The van der Waals surface area contributed by atoms with Crippen molar-refractivity contribution in [2.75, 3.05) is 32.9 Å². The van der Waals surface area contributed by atoms with Gasteiger partial charge in [0.05, 0.1) is 12.7 Å². The zero-order valence-corrected chi connectivity index (χ0v) is 12.3. The van der Waals surface area contributed by atoms with Gasteiger partial charge in [-0.1, -0.05) is 26.2 Å². The zero-order chi connectivity index (χ0) is 13.9. The summed E-state index contributed by atoms with van der Waals surface area (Å²) >= 11 is 0. The summed E-state index contributed by atoms with van der Waals surface area (Å²) in [6.45, 7) is 5.07. The fourth-order valence-corrected chi connectivity index (χ4v) is 2.75. The van der Waals surface area contributed by atoms with E-state index in [0.717, 1.165) is 32.4 Å². The maximum absolute atomic E-state index is 9.76. The summed E-state index contributed by atoms with van der Waals surface area (Å²) in [6.07, 6.45) is 6.61. The Morgan fingerprint density at radius 1 is 1.26 bits per heavy atom. The predicted octanol–water partition coefficient (Wildman–Crippen LogP) is 1.55. The van der Waals surface area contributed by atoms with Crippen LogP contribution in [0.2, 0.25) is 0 Å². The molecule has 4 heteroatoms. The first-order valence-corrected chi connectivity index (χ1v) is 7.85. The van der Waals surface area contributed by atoms with Crippen LogP contribution >= 0.6 is 0 Å². The average Bonchev–Trinajstić information content (AvgIpc) is 2.44. The van der Waals surface area contributed by atoms with Crippen molar-refractivity contribution in [3.8, 4) is 0 Å². The molecule has 1 aliphatic carbocycles. The summed E-state index contributed by atoms with van der Waals surface area (Å²) < 4.78 is 5.39. The quantitative estimate of drug-likeness (QED) is 0.529. The van der Waals surface area contributed by atoms with E-state index in [1.807, 2.05) is 0 Å². The molecule has 1 rings (SSSR count). The molecule has 3 unspecified atom stereocenters. The van der Waals surface area contributed by atoms with Crippen molar-refractivity contribution in [1.29, 1.82) is 0 Å². The van der Waals surface area contributed by atoms with Gasteiger partial charge >= 0.3 is 0 Å². The lowest BCUT2D eigenvalue weighted by atomic mass is 9.79. The van der Waals surface area contributed by atoms with Gasteiger partial charge in [0.1, 0.15) is 0 Å². The highest BCUT2D eigenvalue weighted by Gasteiger charge is 2.24. The number of rotatable bonds is 10. The molecule has 1 saturated carbocycles. The van der Waals surface area contributed by atoms with Gasteiger partial charge in [-0.2, -0.15) is 0 Å². The number of aliphatic hydroxyl groups excluding tert-OH is 2. The normalized spacial score (nSPS) is 25.4. The van der Waals surface area contributed by atoms with Gasteiger partial charge in [0.2, 0.25) is 0 Å². The topological polar surface area (TPSA) is 61.7 Å². The van der Waals surface area contributed by atoms with E-state index >= 15 is 0 Å². The lowest BCUT2D eigenvalue weighted by Gasteiger charge is -2.30. The Kier molecular flexibility index (Phi) is 9.43. The Bertz CT molecular complexity index is 214. The molecule has 3 atom stereocenters. The molecule has 0 aliphatic heterocycles. The van der Waals surface area contributed by atoms with Gasteiger partial charge in [-0.25, -0.2) is 0 Å². The Morgan fingerprint density at radius 3 is 2.68 bits per heavy atom. The second-order valence-corrected chi connectivity index (χ2v) is 5.73. The molecule has 3 N–H and O–H groups in total. The van der Waals surface area contributed by atoms with Gasteiger partial charge in [0.25, 0.3) is 0 Å². The third kappa shape index (κ3) is 7.25. The van der Waals surface area contributed by atoms with Crippen LogP contribution in [0.4, 0.5) is 0 Å². The third-order valence-corrected chi connectivity index (χ3v) is 4.04. The van der Waals surface area contributed by atoms with Crippen LogP contribution in [0.3, 0.4) is 0 Å². The van der Waals surface area contributed by atoms with E-state index in [1.54, 1.807) is 0 Å².